The smallest absolute Gasteiger partial charge is 0.233 e. The van der Waals surface area contributed by atoms with Gasteiger partial charge in [0.25, 0.3) is 0 Å². The van der Waals surface area contributed by atoms with Gasteiger partial charge >= 0.3 is 0 Å². The predicted octanol–water partition coefficient (Wildman–Crippen LogP) is 4.76. The number of thioether (sulfide) groups is 1. The van der Waals surface area contributed by atoms with E-state index in [1.807, 2.05) is 38.4 Å². The SMILES string of the molecule is C[C@H](Sc1ncc(-c2ccccc2)n1C)C(=O)N[C@@H]1CCCc2ccccc21. The van der Waals surface area contributed by atoms with E-state index >= 15 is 0 Å². The Morgan fingerprint density at radius 3 is 2.75 bits per heavy atom. The van der Waals surface area contributed by atoms with Crippen LogP contribution in [0.1, 0.15) is 36.9 Å². The summed E-state index contributed by atoms with van der Waals surface area (Å²) in [4.78, 5) is 17.4. The first kappa shape index (κ1) is 18.8. The van der Waals surface area contributed by atoms with Gasteiger partial charge in [0.15, 0.2) is 5.16 Å². The number of carbonyl (C=O) groups is 1. The van der Waals surface area contributed by atoms with Crippen molar-refractivity contribution < 1.29 is 4.79 Å². The summed E-state index contributed by atoms with van der Waals surface area (Å²) in [6.45, 7) is 1.95. The second-order valence-electron chi connectivity index (χ2n) is 7.26. The van der Waals surface area contributed by atoms with Crippen LogP contribution >= 0.6 is 11.8 Å². The van der Waals surface area contributed by atoms with Crippen molar-refractivity contribution in [3.63, 3.8) is 0 Å². The number of imidazole rings is 1. The van der Waals surface area contributed by atoms with Gasteiger partial charge in [-0.15, -0.1) is 0 Å². The van der Waals surface area contributed by atoms with Gasteiger partial charge in [0.05, 0.1) is 23.2 Å². The number of aromatic nitrogens is 2. The Kier molecular flexibility index (Phi) is 5.53. The lowest BCUT2D eigenvalue weighted by molar-refractivity contribution is -0.121. The minimum Gasteiger partial charge on any atom is -0.348 e. The molecule has 0 fully saturated rings. The van der Waals surface area contributed by atoms with E-state index in [0.717, 1.165) is 35.7 Å². The maximum Gasteiger partial charge on any atom is 0.233 e. The van der Waals surface area contributed by atoms with Gasteiger partial charge in [-0.25, -0.2) is 4.98 Å². The van der Waals surface area contributed by atoms with Crippen molar-refractivity contribution in [1.82, 2.24) is 14.9 Å². The molecule has 4 rings (SSSR count). The monoisotopic (exact) mass is 391 g/mol. The average molecular weight is 392 g/mol. The van der Waals surface area contributed by atoms with Crippen LogP contribution in [0.3, 0.4) is 0 Å². The van der Waals surface area contributed by atoms with E-state index in [1.54, 1.807) is 0 Å². The number of hydrogen-bond donors (Lipinski definition) is 1. The fraction of sp³-hybridized carbons (Fsp3) is 0.304. The van der Waals surface area contributed by atoms with Gasteiger partial charge in [-0.3, -0.25) is 4.79 Å². The number of carbonyl (C=O) groups excluding carboxylic acids is 1. The van der Waals surface area contributed by atoms with Gasteiger partial charge in [0.2, 0.25) is 5.91 Å². The maximum atomic E-state index is 12.8. The quantitative estimate of drug-likeness (QED) is 0.638. The standard InChI is InChI=1S/C23H25N3OS/c1-16(22(27)25-20-14-8-12-17-9-6-7-13-19(17)20)28-23-24-15-21(26(23)2)18-10-4-3-5-11-18/h3-7,9-11,13,15-16,20H,8,12,14H2,1-2H3,(H,25,27)/t16-,20+/m0/s1. The molecule has 3 aromatic rings. The van der Waals surface area contributed by atoms with E-state index in [1.165, 1.54) is 22.9 Å². The van der Waals surface area contributed by atoms with E-state index in [-0.39, 0.29) is 17.2 Å². The Balaban J connectivity index is 1.44. The van der Waals surface area contributed by atoms with Gasteiger partial charge in [-0.1, -0.05) is 66.4 Å². The molecule has 1 N–H and O–H groups in total. The number of fused-ring (bicyclic) bond motifs is 1. The molecule has 0 radical (unpaired) electrons. The van der Waals surface area contributed by atoms with Crippen molar-refractivity contribution in [2.75, 3.05) is 0 Å². The maximum absolute atomic E-state index is 12.8. The van der Waals surface area contributed by atoms with Crippen LogP contribution < -0.4 is 5.32 Å². The molecule has 1 aliphatic rings. The molecule has 0 aliphatic heterocycles. The highest BCUT2D eigenvalue weighted by Gasteiger charge is 2.25. The molecular formula is C23H25N3OS. The number of nitrogens with zero attached hydrogens (tertiary/aromatic N) is 2. The lowest BCUT2D eigenvalue weighted by atomic mass is 9.88. The lowest BCUT2D eigenvalue weighted by Gasteiger charge is -2.27. The summed E-state index contributed by atoms with van der Waals surface area (Å²) in [7, 11) is 2.00. The number of aryl methyl sites for hydroxylation is 1. The molecule has 144 valence electrons. The largest absolute Gasteiger partial charge is 0.348 e. The van der Waals surface area contributed by atoms with Crippen LogP contribution in [0.4, 0.5) is 0 Å². The fourth-order valence-electron chi connectivity index (χ4n) is 3.78. The Labute approximate surface area is 170 Å². The van der Waals surface area contributed by atoms with Gasteiger partial charge in [0.1, 0.15) is 0 Å². The van der Waals surface area contributed by atoms with E-state index in [9.17, 15) is 4.79 Å². The van der Waals surface area contributed by atoms with E-state index < -0.39 is 0 Å². The third kappa shape index (κ3) is 3.85. The van der Waals surface area contributed by atoms with Crippen LogP contribution in [0.5, 0.6) is 0 Å². The number of amides is 1. The Hall–Kier alpha value is -2.53. The van der Waals surface area contributed by atoms with Gasteiger partial charge in [-0.05, 0) is 42.9 Å². The molecule has 0 spiro atoms. The van der Waals surface area contributed by atoms with Crippen molar-refractivity contribution in [3.05, 3.63) is 71.9 Å². The molecule has 1 amide bonds. The Morgan fingerprint density at radius 2 is 1.93 bits per heavy atom. The van der Waals surface area contributed by atoms with Crippen LogP contribution in [-0.2, 0) is 18.3 Å². The van der Waals surface area contributed by atoms with Crippen molar-refractivity contribution in [2.45, 2.75) is 42.6 Å². The zero-order valence-corrected chi connectivity index (χ0v) is 17.1. The molecule has 1 heterocycles. The molecule has 0 bridgehead atoms. The first-order valence-electron chi connectivity index (χ1n) is 9.75. The summed E-state index contributed by atoms with van der Waals surface area (Å²) >= 11 is 1.50. The molecule has 5 heteroatoms. The summed E-state index contributed by atoms with van der Waals surface area (Å²) in [5.74, 6) is 0.0657. The summed E-state index contributed by atoms with van der Waals surface area (Å²) in [5.41, 5.74) is 4.80. The Bertz CT molecular complexity index is 967. The Morgan fingerprint density at radius 1 is 1.18 bits per heavy atom. The molecule has 2 atom stereocenters. The second-order valence-corrected chi connectivity index (χ2v) is 8.57. The number of hydrogen-bond acceptors (Lipinski definition) is 3. The van der Waals surface area contributed by atoms with Crippen LogP contribution in [0.2, 0.25) is 0 Å². The zero-order valence-electron chi connectivity index (χ0n) is 16.3. The highest BCUT2D eigenvalue weighted by Crippen LogP contribution is 2.31. The third-order valence-electron chi connectivity index (χ3n) is 5.35. The first-order valence-corrected chi connectivity index (χ1v) is 10.6. The summed E-state index contributed by atoms with van der Waals surface area (Å²) in [6, 6.07) is 18.7. The highest BCUT2D eigenvalue weighted by molar-refractivity contribution is 8.00. The summed E-state index contributed by atoms with van der Waals surface area (Å²) in [5, 5.41) is 3.90. The molecule has 2 aromatic carbocycles. The van der Waals surface area contributed by atoms with Crippen molar-refractivity contribution >= 4 is 17.7 Å². The minimum atomic E-state index is -0.209. The molecular weight excluding hydrogens is 366 g/mol. The van der Waals surface area contributed by atoms with Gasteiger partial charge in [0, 0.05) is 7.05 Å². The van der Waals surface area contributed by atoms with Gasteiger partial charge < -0.3 is 9.88 Å². The average Bonchev–Trinajstić information content (AvgIpc) is 3.09. The van der Waals surface area contributed by atoms with Gasteiger partial charge in [-0.2, -0.15) is 0 Å². The van der Waals surface area contributed by atoms with Crippen molar-refractivity contribution in [3.8, 4) is 11.3 Å². The van der Waals surface area contributed by atoms with Crippen molar-refractivity contribution in [1.29, 1.82) is 0 Å². The molecule has 0 saturated heterocycles. The van der Waals surface area contributed by atoms with Crippen LogP contribution in [-0.4, -0.2) is 20.7 Å². The van der Waals surface area contributed by atoms with Crippen LogP contribution in [0, 0.1) is 0 Å². The summed E-state index contributed by atoms with van der Waals surface area (Å²) in [6.07, 6.45) is 5.09. The zero-order chi connectivity index (χ0) is 19.5. The molecule has 0 saturated carbocycles. The number of nitrogens with one attached hydrogen (secondary N) is 1. The predicted molar refractivity (Wildman–Crippen MR) is 114 cm³/mol. The second kappa shape index (κ2) is 8.23. The fourth-order valence-corrected chi connectivity index (χ4v) is 4.65. The number of benzene rings is 2. The topological polar surface area (TPSA) is 46.9 Å². The molecule has 1 aliphatic carbocycles. The van der Waals surface area contributed by atoms with E-state index in [4.69, 9.17) is 0 Å². The van der Waals surface area contributed by atoms with Crippen LogP contribution in [0.25, 0.3) is 11.3 Å². The molecule has 0 unspecified atom stereocenters. The molecule has 1 aromatic heterocycles. The molecule has 28 heavy (non-hydrogen) atoms. The first-order chi connectivity index (χ1) is 13.6. The normalized spacial score (nSPS) is 17.0. The minimum absolute atomic E-state index is 0.0657. The number of rotatable bonds is 5. The summed E-state index contributed by atoms with van der Waals surface area (Å²) < 4.78 is 2.06. The third-order valence-corrected chi connectivity index (χ3v) is 6.51. The van der Waals surface area contributed by atoms with E-state index in [0.29, 0.717) is 0 Å². The van der Waals surface area contributed by atoms with Crippen LogP contribution in [0.15, 0.2) is 66.0 Å². The van der Waals surface area contributed by atoms with Crippen molar-refractivity contribution in [2.24, 2.45) is 7.05 Å². The molecule has 4 nitrogen and oxygen atoms in total. The highest BCUT2D eigenvalue weighted by atomic mass is 32.2. The van der Waals surface area contributed by atoms with E-state index in [2.05, 4.69) is 51.3 Å². The lowest BCUT2D eigenvalue weighted by Crippen LogP contribution is -2.36.